The lowest BCUT2D eigenvalue weighted by atomic mass is 9.78. The summed E-state index contributed by atoms with van der Waals surface area (Å²) in [5.74, 6) is 7.06. The van der Waals surface area contributed by atoms with Gasteiger partial charge in [-0.1, -0.05) is 86.0 Å². The van der Waals surface area contributed by atoms with Crippen LogP contribution in [0.1, 0.15) is 112 Å². The summed E-state index contributed by atoms with van der Waals surface area (Å²) in [6.45, 7) is 16.2. The second-order valence-electron chi connectivity index (χ2n) is 12.1. The van der Waals surface area contributed by atoms with Crippen molar-refractivity contribution in [2.24, 2.45) is 47.3 Å². The molecule has 0 aromatic rings. The van der Waals surface area contributed by atoms with E-state index in [-0.39, 0.29) is 0 Å². The van der Waals surface area contributed by atoms with E-state index in [0.29, 0.717) is 12.2 Å². The molecule has 2 saturated carbocycles. The molecule has 9 atom stereocenters. The second kappa shape index (κ2) is 11.7. The van der Waals surface area contributed by atoms with Crippen molar-refractivity contribution < 1.29 is 0 Å². The first-order valence-electron chi connectivity index (χ1n) is 13.9. The summed E-state index contributed by atoms with van der Waals surface area (Å²) in [5.41, 5.74) is 0. The Kier molecular flexibility index (Phi) is 9.57. The Morgan fingerprint density at radius 2 is 1.63 bits per heavy atom. The van der Waals surface area contributed by atoms with Crippen molar-refractivity contribution in [3.05, 3.63) is 0 Å². The van der Waals surface area contributed by atoms with E-state index in [9.17, 15) is 0 Å². The zero-order valence-corrected chi connectivity index (χ0v) is 21.3. The molecule has 0 radical (unpaired) electrons. The fraction of sp³-hybridized carbons (Fsp3) is 1.00. The van der Waals surface area contributed by atoms with E-state index in [4.69, 9.17) is 0 Å². The van der Waals surface area contributed by atoms with Crippen molar-refractivity contribution in [1.82, 2.24) is 10.6 Å². The van der Waals surface area contributed by atoms with Gasteiger partial charge in [-0.2, -0.15) is 0 Å². The monoisotopic (exact) mass is 418 g/mol. The van der Waals surface area contributed by atoms with Crippen LogP contribution in [-0.2, 0) is 0 Å². The summed E-state index contributed by atoms with van der Waals surface area (Å²) in [6.07, 6.45) is 16.4. The number of hydrogen-bond acceptors (Lipinski definition) is 2. The van der Waals surface area contributed by atoms with Crippen LogP contribution in [0.4, 0.5) is 0 Å². The molecule has 0 spiro atoms. The minimum Gasteiger partial charge on any atom is -0.301 e. The molecule has 30 heavy (non-hydrogen) atoms. The molecule has 0 bridgehead atoms. The molecule has 1 aliphatic heterocycles. The Morgan fingerprint density at radius 3 is 2.33 bits per heavy atom. The molecule has 9 unspecified atom stereocenters. The highest BCUT2D eigenvalue weighted by molar-refractivity contribution is 4.93. The van der Waals surface area contributed by atoms with Crippen molar-refractivity contribution in [3.63, 3.8) is 0 Å². The van der Waals surface area contributed by atoms with Crippen LogP contribution in [-0.4, -0.2) is 18.8 Å². The maximum absolute atomic E-state index is 4.11. The van der Waals surface area contributed by atoms with Gasteiger partial charge in [0.15, 0.2) is 0 Å². The molecule has 176 valence electrons. The Hall–Kier alpha value is -0.0800. The minimum atomic E-state index is 0.526. The van der Waals surface area contributed by atoms with Gasteiger partial charge in [-0.05, 0) is 73.5 Å². The van der Waals surface area contributed by atoms with E-state index in [1.165, 1.54) is 77.2 Å². The van der Waals surface area contributed by atoms with Crippen LogP contribution in [0.3, 0.4) is 0 Å². The maximum Gasteiger partial charge on any atom is 0.0603 e. The largest absolute Gasteiger partial charge is 0.301 e. The fourth-order valence-electron chi connectivity index (χ4n) is 7.59. The van der Waals surface area contributed by atoms with E-state index < -0.39 is 0 Å². The Balaban J connectivity index is 1.57. The van der Waals surface area contributed by atoms with E-state index in [1.807, 2.05) is 0 Å². The van der Waals surface area contributed by atoms with Gasteiger partial charge in [0.2, 0.25) is 0 Å². The van der Waals surface area contributed by atoms with Crippen LogP contribution in [0, 0.1) is 47.3 Å². The maximum atomic E-state index is 4.11. The van der Waals surface area contributed by atoms with Gasteiger partial charge < -0.3 is 5.32 Å². The molecular weight excluding hydrogens is 364 g/mol. The third-order valence-electron chi connectivity index (χ3n) is 9.84. The molecule has 0 amide bonds. The molecule has 0 aromatic carbocycles. The van der Waals surface area contributed by atoms with Gasteiger partial charge >= 0.3 is 0 Å². The summed E-state index contributed by atoms with van der Waals surface area (Å²) in [4.78, 5) is 0. The zero-order chi connectivity index (χ0) is 21.7. The van der Waals surface area contributed by atoms with Gasteiger partial charge in [0.25, 0.3) is 0 Å². The van der Waals surface area contributed by atoms with Gasteiger partial charge in [-0.15, -0.1) is 0 Å². The van der Waals surface area contributed by atoms with E-state index in [2.05, 4.69) is 52.2 Å². The highest BCUT2D eigenvalue weighted by atomic mass is 15.2. The molecule has 1 saturated heterocycles. The van der Waals surface area contributed by atoms with Gasteiger partial charge in [0, 0.05) is 12.6 Å². The normalized spacial score (nSPS) is 41.2. The van der Waals surface area contributed by atoms with Crippen LogP contribution in [0.2, 0.25) is 0 Å². The zero-order valence-electron chi connectivity index (χ0n) is 21.3. The van der Waals surface area contributed by atoms with Crippen molar-refractivity contribution in [1.29, 1.82) is 0 Å². The molecule has 3 aliphatic rings. The first kappa shape index (κ1) is 24.6. The average molecular weight is 419 g/mol. The molecular formula is C28H54N2. The van der Waals surface area contributed by atoms with Crippen molar-refractivity contribution in [2.75, 3.05) is 6.54 Å². The van der Waals surface area contributed by atoms with Crippen molar-refractivity contribution >= 4 is 0 Å². The molecule has 1 heterocycles. The van der Waals surface area contributed by atoms with Crippen LogP contribution in [0.15, 0.2) is 0 Å². The van der Waals surface area contributed by atoms with Crippen LogP contribution in [0.5, 0.6) is 0 Å². The highest BCUT2D eigenvalue weighted by Crippen LogP contribution is 2.40. The quantitative estimate of drug-likeness (QED) is 0.455. The Bertz CT molecular complexity index is 485. The lowest BCUT2D eigenvalue weighted by Crippen LogP contribution is -2.49. The summed E-state index contributed by atoms with van der Waals surface area (Å²) in [6, 6.07) is 0.620. The second-order valence-corrected chi connectivity index (χ2v) is 12.1. The number of hydrogen-bond donors (Lipinski definition) is 2. The van der Waals surface area contributed by atoms with Crippen LogP contribution < -0.4 is 10.6 Å². The van der Waals surface area contributed by atoms with Crippen molar-refractivity contribution in [3.8, 4) is 0 Å². The molecule has 2 heteroatoms. The van der Waals surface area contributed by atoms with Gasteiger partial charge in [-0.3, -0.25) is 5.32 Å². The fourth-order valence-corrected chi connectivity index (χ4v) is 7.59. The van der Waals surface area contributed by atoms with Gasteiger partial charge in [0.1, 0.15) is 0 Å². The SMILES string of the molecule is CCCC(C)C1CCC(C)CC(C(C)NC2NCC(C3CCCC3)C2C)C(C)CC1. The van der Waals surface area contributed by atoms with Gasteiger partial charge in [0.05, 0.1) is 6.17 Å². The van der Waals surface area contributed by atoms with Crippen molar-refractivity contribution in [2.45, 2.75) is 124 Å². The molecule has 2 nitrogen and oxygen atoms in total. The lowest BCUT2D eigenvalue weighted by Gasteiger charge is -2.35. The van der Waals surface area contributed by atoms with Crippen LogP contribution in [0.25, 0.3) is 0 Å². The Labute approximate surface area is 189 Å². The third kappa shape index (κ3) is 6.25. The minimum absolute atomic E-state index is 0.526. The molecule has 2 N–H and O–H groups in total. The summed E-state index contributed by atoms with van der Waals surface area (Å²) >= 11 is 0. The average Bonchev–Trinajstić information content (AvgIpc) is 3.36. The molecule has 3 fully saturated rings. The summed E-state index contributed by atoms with van der Waals surface area (Å²) < 4.78 is 0. The van der Waals surface area contributed by atoms with E-state index in [1.54, 1.807) is 0 Å². The standard InChI is InChI=1S/C28H54N2/c1-7-10-20(3)24-15-13-19(2)17-26(21(4)14-16-24)23(6)30-28-22(5)27(18-29-28)25-11-8-9-12-25/h19-30H,7-18H2,1-6H3. The molecule has 2 aliphatic carbocycles. The van der Waals surface area contributed by atoms with E-state index in [0.717, 1.165) is 47.3 Å². The topological polar surface area (TPSA) is 24.1 Å². The number of rotatable bonds is 7. The molecule has 0 aromatic heterocycles. The predicted octanol–water partition coefficient (Wildman–Crippen LogP) is 7.24. The summed E-state index contributed by atoms with van der Waals surface area (Å²) in [7, 11) is 0. The highest BCUT2D eigenvalue weighted by Gasteiger charge is 2.39. The van der Waals surface area contributed by atoms with E-state index >= 15 is 0 Å². The Morgan fingerprint density at radius 1 is 0.933 bits per heavy atom. The smallest absolute Gasteiger partial charge is 0.0603 e. The predicted molar refractivity (Wildman–Crippen MR) is 131 cm³/mol. The first-order chi connectivity index (χ1) is 14.4. The first-order valence-corrected chi connectivity index (χ1v) is 13.9. The third-order valence-corrected chi connectivity index (χ3v) is 9.84. The summed E-state index contributed by atoms with van der Waals surface area (Å²) in [5, 5.41) is 8.01. The molecule has 3 rings (SSSR count). The number of nitrogens with one attached hydrogen (secondary N) is 2. The lowest BCUT2D eigenvalue weighted by molar-refractivity contribution is 0.184. The van der Waals surface area contributed by atoms with Gasteiger partial charge in [-0.25, -0.2) is 0 Å². The van der Waals surface area contributed by atoms with Crippen LogP contribution >= 0.6 is 0 Å².